The Labute approximate surface area is 145 Å². The van der Waals surface area contributed by atoms with Crippen LogP contribution in [0.3, 0.4) is 0 Å². The lowest BCUT2D eigenvalue weighted by Crippen LogP contribution is -2.38. The number of hydrogen-bond donors (Lipinski definition) is 1. The van der Waals surface area contributed by atoms with Crippen LogP contribution < -0.4 is 10.8 Å². The number of rotatable bonds is 3. The molecule has 1 aliphatic rings. The fraction of sp³-hybridized carbons (Fsp3) is 0.294. The molecule has 0 radical (unpaired) electrons. The Morgan fingerprint density at radius 3 is 2.18 bits per heavy atom. The zero-order valence-electron chi connectivity index (χ0n) is 13.0. The monoisotopic (exact) mass is 407 g/mol. The third-order valence-corrected chi connectivity index (χ3v) is 5.63. The van der Waals surface area contributed by atoms with Crippen LogP contribution in [0.4, 0.5) is 11.4 Å². The zero-order chi connectivity index (χ0) is 15.8. The Morgan fingerprint density at radius 2 is 1.55 bits per heavy atom. The molecule has 5 heteroatoms. The van der Waals surface area contributed by atoms with Gasteiger partial charge in [0.1, 0.15) is 3.61 Å². The summed E-state index contributed by atoms with van der Waals surface area (Å²) in [6.45, 7) is 6.18. The van der Waals surface area contributed by atoms with Gasteiger partial charge in [-0.15, -0.1) is 0 Å². The summed E-state index contributed by atoms with van der Waals surface area (Å²) in [5.41, 5.74) is 2.71. The maximum atomic E-state index is 6.16. The highest BCUT2D eigenvalue weighted by Gasteiger charge is 2.53. The Balaban J connectivity index is 1.90. The number of anilines is 2. The molecule has 0 saturated carbocycles. The Kier molecular flexibility index (Phi) is 4.22. The van der Waals surface area contributed by atoms with E-state index in [4.69, 9.17) is 9.31 Å². The maximum Gasteiger partial charge on any atom is 0.497 e. The van der Waals surface area contributed by atoms with Crippen molar-refractivity contribution in [1.29, 1.82) is 0 Å². The Hall–Kier alpha value is -1.05. The SMILES string of the molecule is CC1(C)OB(c2ccccc2Nc2ccccc2)OC1(C)I. The highest BCUT2D eigenvalue weighted by Crippen LogP contribution is 2.42. The van der Waals surface area contributed by atoms with Gasteiger partial charge in [0.25, 0.3) is 0 Å². The summed E-state index contributed by atoms with van der Waals surface area (Å²) in [7, 11) is -0.371. The van der Waals surface area contributed by atoms with Gasteiger partial charge >= 0.3 is 7.12 Å². The van der Waals surface area contributed by atoms with Crippen LogP contribution in [0.15, 0.2) is 54.6 Å². The lowest BCUT2D eigenvalue weighted by atomic mass is 9.78. The molecule has 2 aromatic carbocycles. The Morgan fingerprint density at radius 1 is 0.909 bits per heavy atom. The average Bonchev–Trinajstić information content (AvgIpc) is 2.69. The number of benzene rings is 2. The second kappa shape index (κ2) is 5.87. The number of nitrogens with one attached hydrogen (secondary N) is 1. The van der Waals surface area contributed by atoms with E-state index >= 15 is 0 Å². The molecule has 1 fully saturated rings. The smallest absolute Gasteiger partial charge is 0.398 e. The zero-order valence-corrected chi connectivity index (χ0v) is 15.1. The number of para-hydroxylation sites is 2. The average molecular weight is 407 g/mol. The largest absolute Gasteiger partial charge is 0.497 e. The molecule has 1 heterocycles. The first-order valence-electron chi connectivity index (χ1n) is 7.35. The van der Waals surface area contributed by atoms with Crippen molar-refractivity contribution in [3.8, 4) is 0 Å². The fourth-order valence-electron chi connectivity index (χ4n) is 2.36. The predicted octanol–water partition coefficient (Wildman–Crippen LogP) is 4.10. The van der Waals surface area contributed by atoms with Crippen molar-refractivity contribution in [3.63, 3.8) is 0 Å². The van der Waals surface area contributed by atoms with Crippen molar-refractivity contribution in [2.45, 2.75) is 30.0 Å². The van der Waals surface area contributed by atoms with Gasteiger partial charge < -0.3 is 14.6 Å². The molecule has 1 aliphatic heterocycles. The van der Waals surface area contributed by atoms with Crippen LogP contribution in [-0.2, 0) is 9.31 Å². The van der Waals surface area contributed by atoms with Crippen LogP contribution >= 0.6 is 22.6 Å². The predicted molar refractivity (Wildman–Crippen MR) is 100 cm³/mol. The minimum absolute atomic E-state index is 0.349. The topological polar surface area (TPSA) is 30.5 Å². The highest BCUT2D eigenvalue weighted by atomic mass is 127. The van der Waals surface area contributed by atoms with E-state index < -0.39 is 0 Å². The molecule has 1 unspecified atom stereocenters. The van der Waals surface area contributed by atoms with Crippen molar-refractivity contribution in [2.24, 2.45) is 0 Å². The second-order valence-electron chi connectivity index (χ2n) is 6.07. The lowest BCUT2D eigenvalue weighted by molar-refractivity contribution is 0.0726. The van der Waals surface area contributed by atoms with Gasteiger partial charge in [-0.3, -0.25) is 0 Å². The molecule has 0 aliphatic carbocycles. The minimum atomic E-state index is -0.371. The van der Waals surface area contributed by atoms with E-state index in [-0.39, 0.29) is 16.3 Å². The molecule has 1 N–H and O–H groups in total. The molecule has 114 valence electrons. The van der Waals surface area contributed by atoms with E-state index in [0.29, 0.717) is 0 Å². The van der Waals surface area contributed by atoms with Gasteiger partial charge in [-0.25, -0.2) is 0 Å². The molecular formula is C17H19BINO2. The molecular weight excluding hydrogens is 388 g/mol. The van der Waals surface area contributed by atoms with Crippen LogP contribution in [0.5, 0.6) is 0 Å². The van der Waals surface area contributed by atoms with Crippen molar-refractivity contribution in [2.75, 3.05) is 5.32 Å². The van der Waals surface area contributed by atoms with Gasteiger partial charge in [0.2, 0.25) is 0 Å². The third kappa shape index (κ3) is 3.02. The van der Waals surface area contributed by atoms with Gasteiger partial charge in [0.15, 0.2) is 0 Å². The lowest BCUT2D eigenvalue weighted by Gasteiger charge is -2.30. The van der Waals surface area contributed by atoms with Crippen molar-refractivity contribution in [3.05, 3.63) is 54.6 Å². The molecule has 3 rings (SSSR count). The molecule has 1 atom stereocenters. The normalized spacial score (nSPS) is 23.5. The van der Waals surface area contributed by atoms with Gasteiger partial charge in [-0.05, 0) is 61.6 Å². The second-order valence-corrected chi connectivity index (χ2v) is 8.13. The number of halogens is 1. The van der Waals surface area contributed by atoms with Crippen molar-refractivity contribution >= 4 is 46.5 Å². The first kappa shape index (κ1) is 15.8. The summed E-state index contributed by atoms with van der Waals surface area (Å²) in [6, 6.07) is 18.2. The van der Waals surface area contributed by atoms with Crippen molar-refractivity contribution < 1.29 is 9.31 Å². The van der Waals surface area contributed by atoms with E-state index in [1.165, 1.54) is 0 Å². The molecule has 0 amide bonds. The molecule has 0 spiro atoms. The first-order valence-corrected chi connectivity index (χ1v) is 8.42. The molecule has 0 aromatic heterocycles. The van der Waals surface area contributed by atoms with Crippen LogP contribution in [0.2, 0.25) is 0 Å². The van der Waals surface area contributed by atoms with Crippen molar-refractivity contribution in [1.82, 2.24) is 0 Å². The number of hydrogen-bond acceptors (Lipinski definition) is 3. The fourth-order valence-corrected chi connectivity index (χ4v) is 2.72. The van der Waals surface area contributed by atoms with Crippen LogP contribution in [0.25, 0.3) is 0 Å². The van der Waals surface area contributed by atoms with Crippen LogP contribution in [-0.4, -0.2) is 16.3 Å². The van der Waals surface area contributed by atoms with Gasteiger partial charge in [-0.2, -0.15) is 0 Å². The van der Waals surface area contributed by atoms with E-state index in [1.54, 1.807) is 0 Å². The maximum absolute atomic E-state index is 6.16. The molecule has 0 bridgehead atoms. The summed E-state index contributed by atoms with van der Waals surface area (Å²) in [5.74, 6) is 0. The summed E-state index contributed by atoms with van der Waals surface area (Å²) in [5, 5.41) is 3.44. The third-order valence-electron chi connectivity index (χ3n) is 4.07. The molecule has 1 saturated heterocycles. The van der Waals surface area contributed by atoms with Crippen LogP contribution in [0.1, 0.15) is 20.8 Å². The molecule has 3 nitrogen and oxygen atoms in total. The van der Waals surface area contributed by atoms with Gasteiger partial charge in [-0.1, -0.05) is 36.4 Å². The quantitative estimate of drug-likeness (QED) is 0.472. The summed E-state index contributed by atoms with van der Waals surface area (Å²) in [4.78, 5) is 0. The minimum Gasteiger partial charge on any atom is -0.398 e. The number of alkyl halides is 1. The van der Waals surface area contributed by atoms with E-state index in [2.05, 4.69) is 48.7 Å². The summed E-state index contributed by atoms with van der Waals surface area (Å²) in [6.07, 6.45) is 0. The van der Waals surface area contributed by atoms with Crippen LogP contribution in [0, 0.1) is 0 Å². The molecule has 2 aromatic rings. The Bertz CT molecular complexity index is 645. The summed E-state index contributed by atoms with van der Waals surface area (Å²) < 4.78 is 11.9. The van der Waals surface area contributed by atoms with E-state index in [1.807, 2.05) is 54.6 Å². The van der Waals surface area contributed by atoms with Gasteiger partial charge in [0.05, 0.1) is 5.60 Å². The standard InChI is InChI=1S/C17H19BINO2/c1-16(2)17(3,19)22-18(21-16)14-11-7-8-12-15(14)20-13-9-5-4-6-10-13/h4-12,20H,1-3H3. The molecule has 22 heavy (non-hydrogen) atoms. The van der Waals surface area contributed by atoms with Gasteiger partial charge in [0, 0.05) is 16.8 Å². The van der Waals surface area contributed by atoms with E-state index in [9.17, 15) is 0 Å². The van der Waals surface area contributed by atoms with E-state index in [0.717, 1.165) is 16.8 Å². The first-order chi connectivity index (χ1) is 10.4. The summed E-state index contributed by atoms with van der Waals surface area (Å²) >= 11 is 2.32. The highest BCUT2D eigenvalue weighted by molar-refractivity contribution is 14.1.